The Morgan fingerprint density at radius 2 is 1.72 bits per heavy atom. The maximum absolute atomic E-state index is 12.3. The molecule has 2 rings (SSSR count). The first-order valence-electron chi connectivity index (χ1n) is 7.61. The van der Waals surface area contributed by atoms with E-state index in [1.807, 2.05) is 26.8 Å². The third kappa shape index (κ3) is 5.94. The number of ether oxygens (including phenoxy) is 1. The van der Waals surface area contributed by atoms with Gasteiger partial charge in [-0.05, 0) is 73.4 Å². The Morgan fingerprint density at radius 1 is 1.04 bits per heavy atom. The zero-order chi connectivity index (χ0) is 18.6. The SMILES string of the molecule is Cc1cc(C)c(NC(=S)NCc2cccc(OC(F)(F)F)c2)cc1C. The van der Waals surface area contributed by atoms with Crippen molar-refractivity contribution >= 4 is 23.0 Å². The van der Waals surface area contributed by atoms with Gasteiger partial charge in [0.1, 0.15) is 5.75 Å². The normalized spacial score (nSPS) is 11.1. The second-order valence-electron chi connectivity index (χ2n) is 5.75. The molecule has 0 heterocycles. The number of hydrogen-bond acceptors (Lipinski definition) is 2. The van der Waals surface area contributed by atoms with Crippen molar-refractivity contribution in [2.24, 2.45) is 0 Å². The van der Waals surface area contributed by atoms with Crippen LogP contribution in [0.15, 0.2) is 36.4 Å². The minimum atomic E-state index is -4.70. The van der Waals surface area contributed by atoms with E-state index in [1.54, 1.807) is 6.07 Å². The highest BCUT2D eigenvalue weighted by atomic mass is 32.1. The molecule has 2 aromatic rings. The number of halogens is 3. The largest absolute Gasteiger partial charge is 0.573 e. The maximum Gasteiger partial charge on any atom is 0.573 e. The molecule has 3 nitrogen and oxygen atoms in total. The highest BCUT2D eigenvalue weighted by molar-refractivity contribution is 7.80. The number of aryl methyl sites for hydroxylation is 3. The summed E-state index contributed by atoms with van der Waals surface area (Å²) in [5, 5.41) is 6.49. The van der Waals surface area contributed by atoms with Crippen molar-refractivity contribution in [3.05, 3.63) is 58.7 Å². The van der Waals surface area contributed by atoms with Crippen LogP contribution in [0.2, 0.25) is 0 Å². The highest BCUT2D eigenvalue weighted by Gasteiger charge is 2.31. The fourth-order valence-electron chi connectivity index (χ4n) is 2.30. The standard InChI is InChI=1S/C18H19F3N2OS/c1-11-7-13(3)16(8-12(11)2)23-17(25)22-10-14-5-4-6-15(9-14)24-18(19,20)21/h4-9H,10H2,1-3H3,(H2,22,23,25). The van der Waals surface area contributed by atoms with Gasteiger partial charge in [-0.15, -0.1) is 13.2 Å². The molecule has 0 aliphatic heterocycles. The Labute approximate surface area is 150 Å². The van der Waals surface area contributed by atoms with Crippen LogP contribution in [0.1, 0.15) is 22.3 Å². The number of anilines is 1. The maximum atomic E-state index is 12.3. The molecular formula is C18H19F3N2OS. The number of hydrogen-bond donors (Lipinski definition) is 2. The van der Waals surface area contributed by atoms with Crippen LogP contribution in [-0.2, 0) is 6.54 Å². The zero-order valence-corrected chi connectivity index (χ0v) is 14.9. The Morgan fingerprint density at radius 3 is 2.40 bits per heavy atom. The summed E-state index contributed by atoms with van der Waals surface area (Å²) in [7, 11) is 0. The van der Waals surface area contributed by atoms with Gasteiger partial charge in [-0.1, -0.05) is 18.2 Å². The first-order valence-corrected chi connectivity index (χ1v) is 8.02. The summed E-state index contributed by atoms with van der Waals surface area (Å²) in [6.45, 7) is 6.32. The van der Waals surface area contributed by atoms with Gasteiger partial charge in [0.05, 0.1) is 0 Å². The molecule has 2 aromatic carbocycles. The molecule has 0 aromatic heterocycles. The van der Waals surface area contributed by atoms with Gasteiger partial charge in [0.2, 0.25) is 0 Å². The molecule has 0 unspecified atom stereocenters. The lowest BCUT2D eigenvalue weighted by Gasteiger charge is -2.15. The van der Waals surface area contributed by atoms with Gasteiger partial charge in [-0.25, -0.2) is 0 Å². The average Bonchev–Trinajstić information content (AvgIpc) is 2.49. The van der Waals surface area contributed by atoms with E-state index in [4.69, 9.17) is 12.2 Å². The predicted octanol–water partition coefficient (Wildman–Crippen LogP) is 5.00. The van der Waals surface area contributed by atoms with Crippen LogP contribution in [0.3, 0.4) is 0 Å². The quantitative estimate of drug-likeness (QED) is 0.745. The molecular weight excluding hydrogens is 349 g/mol. The summed E-state index contributed by atoms with van der Waals surface area (Å²) in [5.74, 6) is -0.254. The summed E-state index contributed by atoms with van der Waals surface area (Å²) < 4.78 is 40.7. The van der Waals surface area contributed by atoms with E-state index in [2.05, 4.69) is 21.4 Å². The Kier molecular flexibility index (Phi) is 5.89. The monoisotopic (exact) mass is 368 g/mol. The van der Waals surface area contributed by atoms with E-state index in [1.165, 1.54) is 23.8 Å². The van der Waals surface area contributed by atoms with Crippen molar-refractivity contribution in [2.45, 2.75) is 33.7 Å². The van der Waals surface area contributed by atoms with Crippen molar-refractivity contribution in [2.75, 3.05) is 5.32 Å². The van der Waals surface area contributed by atoms with Crippen molar-refractivity contribution in [1.82, 2.24) is 5.32 Å². The van der Waals surface area contributed by atoms with Crippen LogP contribution in [0.5, 0.6) is 5.75 Å². The van der Waals surface area contributed by atoms with Crippen LogP contribution >= 0.6 is 12.2 Å². The van der Waals surface area contributed by atoms with Gasteiger partial charge in [0, 0.05) is 12.2 Å². The fourth-order valence-corrected chi connectivity index (χ4v) is 2.48. The van der Waals surface area contributed by atoms with E-state index in [-0.39, 0.29) is 12.3 Å². The van der Waals surface area contributed by atoms with Gasteiger partial charge in [0.25, 0.3) is 0 Å². The summed E-state index contributed by atoms with van der Waals surface area (Å²) in [5.41, 5.74) is 4.93. The van der Waals surface area contributed by atoms with Crippen LogP contribution in [0.25, 0.3) is 0 Å². The molecule has 2 N–H and O–H groups in total. The Balaban J connectivity index is 1.96. The smallest absolute Gasteiger partial charge is 0.406 e. The molecule has 0 aliphatic carbocycles. The van der Waals surface area contributed by atoms with Gasteiger partial charge in [0.15, 0.2) is 5.11 Å². The number of thiocarbonyl (C=S) groups is 1. The van der Waals surface area contributed by atoms with Gasteiger partial charge < -0.3 is 15.4 Å². The number of alkyl halides is 3. The van der Waals surface area contributed by atoms with Gasteiger partial charge >= 0.3 is 6.36 Å². The first kappa shape index (κ1) is 19.1. The molecule has 0 radical (unpaired) electrons. The summed E-state index contributed by atoms with van der Waals surface area (Å²) in [6, 6.07) is 9.85. The number of nitrogens with one attached hydrogen (secondary N) is 2. The molecule has 0 amide bonds. The average molecular weight is 368 g/mol. The van der Waals surface area contributed by atoms with Crippen LogP contribution < -0.4 is 15.4 Å². The van der Waals surface area contributed by atoms with Crippen LogP contribution in [0.4, 0.5) is 18.9 Å². The fraction of sp³-hybridized carbons (Fsp3) is 0.278. The molecule has 0 spiro atoms. The topological polar surface area (TPSA) is 33.3 Å². The lowest BCUT2D eigenvalue weighted by molar-refractivity contribution is -0.274. The van der Waals surface area contributed by atoms with Gasteiger partial charge in [-0.2, -0.15) is 0 Å². The third-order valence-electron chi connectivity index (χ3n) is 3.67. The van der Waals surface area contributed by atoms with Gasteiger partial charge in [-0.3, -0.25) is 0 Å². The van der Waals surface area contributed by atoms with Crippen molar-refractivity contribution in [1.29, 1.82) is 0 Å². The third-order valence-corrected chi connectivity index (χ3v) is 3.92. The molecule has 0 bridgehead atoms. The Bertz CT molecular complexity index is 775. The molecule has 0 saturated heterocycles. The van der Waals surface area contributed by atoms with E-state index in [0.29, 0.717) is 10.7 Å². The minimum absolute atomic E-state index is 0.254. The van der Waals surface area contributed by atoms with E-state index >= 15 is 0 Å². The first-order chi connectivity index (χ1) is 11.6. The minimum Gasteiger partial charge on any atom is -0.406 e. The molecule has 7 heteroatoms. The summed E-state index contributed by atoms with van der Waals surface area (Å²) in [6.07, 6.45) is -4.70. The predicted molar refractivity (Wildman–Crippen MR) is 96.8 cm³/mol. The Hall–Kier alpha value is -2.28. The number of rotatable bonds is 4. The van der Waals surface area contributed by atoms with E-state index < -0.39 is 6.36 Å². The zero-order valence-electron chi connectivity index (χ0n) is 14.1. The molecule has 25 heavy (non-hydrogen) atoms. The summed E-state index contributed by atoms with van der Waals surface area (Å²) in [4.78, 5) is 0. The van der Waals surface area contributed by atoms with Crippen molar-refractivity contribution in [3.63, 3.8) is 0 Å². The van der Waals surface area contributed by atoms with Crippen LogP contribution in [0, 0.1) is 20.8 Å². The lowest BCUT2D eigenvalue weighted by atomic mass is 10.1. The summed E-state index contributed by atoms with van der Waals surface area (Å²) >= 11 is 5.26. The van der Waals surface area contributed by atoms with Crippen LogP contribution in [-0.4, -0.2) is 11.5 Å². The van der Waals surface area contributed by atoms with E-state index in [0.717, 1.165) is 16.8 Å². The lowest BCUT2D eigenvalue weighted by Crippen LogP contribution is -2.28. The molecule has 0 aliphatic rings. The highest BCUT2D eigenvalue weighted by Crippen LogP contribution is 2.23. The molecule has 0 fully saturated rings. The van der Waals surface area contributed by atoms with Crippen molar-refractivity contribution in [3.8, 4) is 5.75 Å². The van der Waals surface area contributed by atoms with Crippen molar-refractivity contribution < 1.29 is 17.9 Å². The second kappa shape index (κ2) is 7.74. The second-order valence-corrected chi connectivity index (χ2v) is 6.16. The molecule has 134 valence electrons. The molecule has 0 atom stereocenters. The van der Waals surface area contributed by atoms with E-state index in [9.17, 15) is 13.2 Å². The number of benzene rings is 2. The molecule has 0 saturated carbocycles.